The van der Waals surface area contributed by atoms with Crippen LogP contribution in [0.3, 0.4) is 0 Å². The second kappa shape index (κ2) is 6.80. The summed E-state index contributed by atoms with van der Waals surface area (Å²) in [6.07, 6.45) is 1.83. The maximum absolute atomic E-state index is 11.9. The van der Waals surface area contributed by atoms with Gasteiger partial charge in [0.15, 0.2) is 11.5 Å². The van der Waals surface area contributed by atoms with Gasteiger partial charge in [-0.25, -0.2) is 0 Å². The number of benzene rings is 1. The lowest BCUT2D eigenvalue weighted by atomic mass is 10.0. The van der Waals surface area contributed by atoms with E-state index in [-0.39, 0.29) is 23.3 Å². The molecule has 2 rings (SSSR count). The number of nitrogens with zero attached hydrogens (tertiary/aromatic N) is 1. The molecule has 1 heterocycles. The van der Waals surface area contributed by atoms with Crippen molar-refractivity contribution in [1.82, 2.24) is 10.2 Å². The Hall–Kier alpha value is -1.75. The maximum atomic E-state index is 11.9. The number of carbonyl (C=O) groups excluding carboxylic acids is 1. The normalized spacial score (nSPS) is 16.4. The van der Waals surface area contributed by atoms with Gasteiger partial charge in [0.25, 0.3) is 0 Å². The number of phenolic OH excluding ortho intramolecular Hbond substituents is 2. The molecule has 5 nitrogen and oxygen atoms in total. The third kappa shape index (κ3) is 3.88. The highest BCUT2D eigenvalue weighted by atomic mass is 16.3. The standard InChI is InChI=1S/C16H24N2O3/c1-11(2)16(21)18-8-6-13(7-9-18)17-10-12-4-3-5-14(19)15(12)20/h3-5,11,13,17,19-20H,6-10H2,1-2H3. The number of piperidine rings is 1. The predicted molar refractivity (Wildman–Crippen MR) is 81.1 cm³/mol. The summed E-state index contributed by atoms with van der Waals surface area (Å²) in [5.74, 6) is 0.127. The van der Waals surface area contributed by atoms with Crippen LogP contribution in [0, 0.1) is 5.92 Å². The molecule has 5 heteroatoms. The molecule has 0 bridgehead atoms. The summed E-state index contributed by atoms with van der Waals surface area (Å²) in [6.45, 7) is 5.93. The second-order valence-electron chi connectivity index (χ2n) is 5.92. The van der Waals surface area contributed by atoms with Gasteiger partial charge in [-0.15, -0.1) is 0 Å². The highest BCUT2D eigenvalue weighted by molar-refractivity contribution is 5.78. The van der Waals surface area contributed by atoms with Gasteiger partial charge in [-0.05, 0) is 18.9 Å². The number of para-hydroxylation sites is 1. The molecule has 1 aliphatic rings. The summed E-state index contributed by atoms with van der Waals surface area (Å²) < 4.78 is 0. The van der Waals surface area contributed by atoms with Crippen molar-refractivity contribution in [2.75, 3.05) is 13.1 Å². The van der Waals surface area contributed by atoms with Gasteiger partial charge < -0.3 is 20.4 Å². The maximum Gasteiger partial charge on any atom is 0.225 e. The van der Waals surface area contributed by atoms with Crippen LogP contribution in [0.4, 0.5) is 0 Å². The fourth-order valence-electron chi connectivity index (χ4n) is 2.64. The zero-order valence-electron chi connectivity index (χ0n) is 12.7. The number of phenols is 2. The Kier molecular flexibility index (Phi) is 5.07. The molecule has 0 saturated carbocycles. The van der Waals surface area contributed by atoms with E-state index >= 15 is 0 Å². The Morgan fingerprint density at radius 2 is 2.00 bits per heavy atom. The summed E-state index contributed by atoms with van der Waals surface area (Å²) in [7, 11) is 0. The van der Waals surface area contributed by atoms with Gasteiger partial charge in [0.05, 0.1) is 0 Å². The number of carbonyl (C=O) groups is 1. The monoisotopic (exact) mass is 292 g/mol. The smallest absolute Gasteiger partial charge is 0.225 e. The Labute approximate surface area is 125 Å². The SMILES string of the molecule is CC(C)C(=O)N1CCC(NCc2cccc(O)c2O)CC1. The number of aromatic hydroxyl groups is 2. The van der Waals surface area contributed by atoms with Crippen LogP contribution in [-0.4, -0.2) is 40.2 Å². The van der Waals surface area contributed by atoms with E-state index in [9.17, 15) is 15.0 Å². The third-order valence-electron chi connectivity index (χ3n) is 3.98. The van der Waals surface area contributed by atoms with Crippen molar-refractivity contribution in [2.24, 2.45) is 5.92 Å². The van der Waals surface area contributed by atoms with Crippen LogP contribution in [0.1, 0.15) is 32.3 Å². The molecule has 0 atom stereocenters. The van der Waals surface area contributed by atoms with E-state index in [2.05, 4.69) is 5.32 Å². The molecule has 1 amide bonds. The minimum atomic E-state index is -0.0911. The van der Waals surface area contributed by atoms with Crippen molar-refractivity contribution in [2.45, 2.75) is 39.3 Å². The molecule has 1 aromatic carbocycles. The molecule has 1 saturated heterocycles. The highest BCUT2D eigenvalue weighted by Gasteiger charge is 2.24. The van der Waals surface area contributed by atoms with Crippen LogP contribution in [-0.2, 0) is 11.3 Å². The number of hydrogen-bond acceptors (Lipinski definition) is 4. The van der Waals surface area contributed by atoms with Crippen molar-refractivity contribution in [1.29, 1.82) is 0 Å². The summed E-state index contributed by atoms with van der Waals surface area (Å²) >= 11 is 0. The minimum absolute atomic E-state index is 0.0544. The van der Waals surface area contributed by atoms with Crippen molar-refractivity contribution < 1.29 is 15.0 Å². The molecular formula is C16H24N2O3. The summed E-state index contributed by atoms with van der Waals surface area (Å²) in [5.41, 5.74) is 0.690. The summed E-state index contributed by atoms with van der Waals surface area (Å²) in [5, 5.41) is 22.6. The molecule has 116 valence electrons. The first-order chi connectivity index (χ1) is 9.99. The third-order valence-corrected chi connectivity index (χ3v) is 3.98. The van der Waals surface area contributed by atoms with E-state index < -0.39 is 0 Å². The summed E-state index contributed by atoms with van der Waals surface area (Å²) in [6, 6.07) is 5.31. The fraction of sp³-hybridized carbons (Fsp3) is 0.562. The van der Waals surface area contributed by atoms with Crippen LogP contribution >= 0.6 is 0 Å². The molecule has 1 aliphatic heterocycles. The van der Waals surface area contributed by atoms with E-state index in [1.807, 2.05) is 18.7 Å². The van der Waals surface area contributed by atoms with Gasteiger partial charge in [-0.2, -0.15) is 0 Å². The molecule has 0 aromatic heterocycles. The van der Waals surface area contributed by atoms with Gasteiger partial charge in [0.2, 0.25) is 5.91 Å². The zero-order valence-corrected chi connectivity index (χ0v) is 12.7. The van der Waals surface area contributed by atoms with E-state index in [1.54, 1.807) is 12.1 Å². The second-order valence-corrected chi connectivity index (χ2v) is 5.92. The molecule has 21 heavy (non-hydrogen) atoms. The Morgan fingerprint density at radius 3 is 2.62 bits per heavy atom. The lowest BCUT2D eigenvalue weighted by Crippen LogP contribution is -2.45. The predicted octanol–water partition coefficient (Wildman–Crippen LogP) is 1.83. The molecule has 0 radical (unpaired) electrons. The Bertz CT molecular complexity index is 494. The van der Waals surface area contributed by atoms with Crippen LogP contribution < -0.4 is 5.32 Å². The molecule has 3 N–H and O–H groups in total. The average molecular weight is 292 g/mol. The van der Waals surface area contributed by atoms with Gasteiger partial charge in [-0.3, -0.25) is 4.79 Å². The van der Waals surface area contributed by atoms with Crippen molar-refractivity contribution in [3.8, 4) is 11.5 Å². The van der Waals surface area contributed by atoms with E-state index in [0.717, 1.165) is 25.9 Å². The van der Waals surface area contributed by atoms with Crippen LogP contribution in [0.25, 0.3) is 0 Å². The molecule has 1 aromatic rings. The van der Waals surface area contributed by atoms with Gasteiger partial charge in [0.1, 0.15) is 0 Å². The first-order valence-electron chi connectivity index (χ1n) is 7.51. The van der Waals surface area contributed by atoms with Gasteiger partial charge in [0, 0.05) is 37.2 Å². The quantitative estimate of drug-likeness (QED) is 0.740. The molecule has 0 unspecified atom stereocenters. The Balaban J connectivity index is 1.82. The molecule has 0 aliphatic carbocycles. The van der Waals surface area contributed by atoms with Crippen LogP contribution in [0.5, 0.6) is 11.5 Å². The van der Waals surface area contributed by atoms with Crippen LogP contribution in [0.15, 0.2) is 18.2 Å². The lowest BCUT2D eigenvalue weighted by Gasteiger charge is -2.33. The van der Waals surface area contributed by atoms with Gasteiger partial charge in [-0.1, -0.05) is 26.0 Å². The topological polar surface area (TPSA) is 72.8 Å². The Morgan fingerprint density at radius 1 is 1.33 bits per heavy atom. The number of amides is 1. The van der Waals surface area contributed by atoms with Crippen molar-refractivity contribution >= 4 is 5.91 Å². The molecular weight excluding hydrogens is 268 g/mol. The van der Waals surface area contributed by atoms with E-state index in [4.69, 9.17) is 0 Å². The van der Waals surface area contributed by atoms with Crippen LogP contribution in [0.2, 0.25) is 0 Å². The number of rotatable bonds is 4. The van der Waals surface area contributed by atoms with E-state index in [1.165, 1.54) is 6.07 Å². The summed E-state index contributed by atoms with van der Waals surface area (Å²) in [4.78, 5) is 13.8. The average Bonchev–Trinajstić information content (AvgIpc) is 2.48. The first kappa shape index (κ1) is 15.6. The lowest BCUT2D eigenvalue weighted by molar-refractivity contribution is -0.135. The molecule has 0 spiro atoms. The first-order valence-corrected chi connectivity index (χ1v) is 7.51. The fourth-order valence-corrected chi connectivity index (χ4v) is 2.64. The van der Waals surface area contributed by atoms with Crippen molar-refractivity contribution in [3.05, 3.63) is 23.8 Å². The van der Waals surface area contributed by atoms with Crippen molar-refractivity contribution in [3.63, 3.8) is 0 Å². The number of hydrogen-bond donors (Lipinski definition) is 3. The van der Waals surface area contributed by atoms with E-state index in [0.29, 0.717) is 18.2 Å². The molecule has 1 fully saturated rings. The van der Waals surface area contributed by atoms with Gasteiger partial charge >= 0.3 is 0 Å². The highest BCUT2D eigenvalue weighted by Crippen LogP contribution is 2.28. The minimum Gasteiger partial charge on any atom is -0.504 e. The largest absolute Gasteiger partial charge is 0.504 e. The zero-order chi connectivity index (χ0) is 15.4. The number of likely N-dealkylation sites (tertiary alicyclic amines) is 1. The number of nitrogens with one attached hydrogen (secondary N) is 1.